The molecule has 0 amide bonds. The Hall–Kier alpha value is -3.84. The number of anilines is 1. The SMILES string of the molecule is CCCCCCOC(=O)[C@H](Cc1ccccc1)NP(=O)(OC[C@H]1O[C@@](C)(c2ccc3c(N)ncnn23)[C@H](O)[C@@H]1O)Oc1ccc(C(C)C(C)C)cc1. The number of benzene rings is 2. The molecule has 0 spiro atoms. The van der Waals surface area contributed by atoms with Gasteiger partial charge in [0.15, 0.2) is 5.82 Å². The summed E-state index contributed by atoms with van der Waals surface area (Å²) in [5, 5.41) is 29.6. The fraction of sp³-hybridized carbons (Fsp3) is 0.500. The molecule has 1 aliphatic heterocycles. The van der Waals surface area contributed by atoms with Crippen LogP contribution >= 0.6 is 7.75 Å². The number of esters is 1. The summed E-state index contributed by atoms with van der Waals surface area (Å²) in [6.45, 7) is 9.88. The molecule has 52 heavy (non-hydrogen) atoms. The molecule has 0 saturated carbocycles. The molecule has 5 rings (SSSR count). The summed E-state index contributed by atoms with van der Waals surface area (Å²) in [5.41, 5.74) is 7.37. The summed E-state index contributed by atoms with van der Waals surface area (Å²) in [6.07, 6.45) is 1.09. The summed E-state index contributed by atoms with van der Waals surface area (Å²) in [7, 11) is -4.41. The first-order chi connectivity index (χ1) is 24.8. The Labute approximate surface area is 305 Å². The fourth-order valence-corrected chi connectivity index (χ4v) is 7.80. The summed E-state index contributed by atoms with van der Waals surface area (Å²) in [5.74, 6) is 0.563. The van der Waals surface area contributed by atoms with Gasteiger partial charge in [0, 0.05) is 0 Å². The fourth-order valence-electron chi connectivity index (χ4n) is 6.30. The van der Waals surface area contributed by atoms with Crippen molar-refractivity contribution in [1.82, 2.24) is 19.7 Å². The average Bonchev–Trinajstić information content (AvgIpc) is 3.67. The predicted octanol–water partition coefficient (Wildman–Crippen LogP) is 5.93. The number of unbranched alkanes of at least 4 members (excludes halogenated alkanes) is 3. The van der Waals surface area contributed by atoms with Crippen LogP contribution in [-0.2, 0) is 35.4 Å². The molecule has 14 heteroatoms. The highest BCUT2D eigenvalue weighted by atomic mass is 31.2. The zero-order valence-electron chi connectivity index (χ0n) is 30.6. The zero-order chi connectivity index (χ0) is 37.5. The van der Waals surface area contributed by atoms with Crippen LogP contribution in [0.25, 0.3) is 5.52 Å². The lowest BCUT2D eigenvalue weighted by Gasteiger charge is -2.28. The lowest BCUT2D eigenvalue weighted by atomic mass is 9.90. The number of fused-ring (bicyclic) bond motifs is 1. The topological polar surface area (TPSA) is 180 Å². The minimum Gasteiger partial charge on any atom is -0.465 e. The van der Waals surface area contributed by atoms with Crippen molar-refractivity contribution in [2.75, 3.05) is 18.9 Å². The van der Waals surface area contributed by atoms with Crippen LogP contribution in [0.2, 0.25) is 0 Å². The maximum absolute atomic E-state index is 14.8. The number of nitrogens with zero attached hydrogens (tertiary/aromatic N) is 3. The molecule has 4 aromatic rings. The van der Waals surface area contributed by atoms with Crippen LogP contribution in [0.4, 0.5) is 5.82 Å². The Morgan fingerprint density at radius 2 is 1.79 bits per heavy atom. The minimum absolute atomic E-state index is 0.141. The first-order valence-corrected chi connectivity index (χ1v) is 19.5. The first kappa shape index (κ1) is 39.4. The van der Waals surface area contributed by atoms with Gasteiger partial charge in [-0.3, -0.25) is 9.32 Å². The van der Waals surface area contributed by atoms with Gasteiger partial charge >= 0.3 is 13.7 Å². The third-order valence-corrected chi connectivity index (χ3v) is 11.4. The first-order valence-electron chi connectivity index (χ1n) is 18.0. The Balaban J connectivity index is 1.40. The van der Waals surface area contributed by atoms with Crippen molar-refractivity contribution < 1.29 is 38.1 Å². The van der Waals surface area contributed by atoms with Crippen molar-refractivity contribution in [3.8, 4) is 5.75 Å². The number of aliphatic hydroxyl groups is 2. The highest BCUT2D eigenvalue weighted by Gasteiger charge is 2.54. The second-order valence-electron chi connectivity index (χ2n) is 13.9. The van der Waals surface area contributed by atoms with Crippen molar-refractivity contribution in [1.29, 1.82) is 0 Å². The second-order valence-corrected chi connectivity index (χ2v) is 15.6. The lowest BCUT2D eigenvalue weighted by Crippen LogP contribution is -2.41. The van der Waals surface area contributed by atoms with Crippen LogP contribution in [0, 0.1) is 5.92 Å². The number of carbonyl (C=O) groups excluding carboxylic acids is 1. The molecule has 1 saturated heterocycles. The van der Waals surface area contributed by atoms with E-state index in [1.807, 2.05) is 42.5 Å². The Morgan fingerprint density at radius 3 is 2.48 bits per heavy atom. The van der Waals surface area contributed by atoms with Gasteiger partial charge in [0.05, 0.1) is 18.9 Å². The maximum Gasteiger partial charge on any atom is 0.459 e. The molecule has 2 aromatic heterocycles. The Kier molecular flexibility index (Phi) is 13.1. The van der Waals surface area contributed by atoms with E-state index >= 15 is 0 Å². The van der Waals surface area contributed by atoms with Crippen molar-refractivity contribution >= 4 is 25.1 Å². The average molecular weight is 738 g/mol. The van der Waals surface area contributed by atoms with Crippen LogP contribution in [0.1, 0.15) is 83.0 Å². The molecule has 0 aliphatic carbocycles. The van der Waals surface area contributed by atoms with Gasteiger partial charge in [-0.1, -0.05) is 89.4 Å². The third kappa shape index (κ3) is 9.20. The standard InChI is InChI=1S/C38H52N5O8P/c1-6-7-8-12-21-48-37(46)30(22-27-13-10-9-11-14-27)42-52(47,51-29-17-15-28(16-18-29)26(4)25(2)3)49-23-32-34(44)35(45)38(5,50-32)33-20-19-31-36(39)40-24-41-43(31)33/h9-11,13-20,24-26,30,32,34-35,44-45H,6-8,12,21-23H2,1-5H3,(H,42,47)(H2,39,40,41)/t26?,30-,32+,34+,35+,38-,52?/m0/s1. The van der Waals surface area contributed by atoms with Gasteiger partial charge in [0.25, 0.3) is 0 Å². The van der Waals surface area contributed by atoms with Crippen molar-refractivity contribution in [2.24, 2.45) is 5.92 Å². The monoisotopic (exact) mass is 737 g/mol. The molecule has 282 valence electrons. The molecule has 7 atom stereocenters. The number of aliphatic hydroxyl groups excluding tert-OH is 2. The van der Waals surface area contributed by atoms with E-state index in [2.05, 4.69) is 42.9 Å². The van der Waals surface area contributed by atoms with Crippen molar-refractivity contribution in [2.45, 2.75) is 103 Å². The van der Waals surface area contributed by atoms with E-state index in [0.717, 1.165) is 30.4 Å². The van der Waals surface area contributed by atoms with E-state index < -0.39 is 50.3 Å². The largest absolute Gasteiger partial charge is 0.465 e. The molecule has 0 radical (unpaired) electrons. The Bertz CT molecular complexity index is 1810. The minimum atomic E-state index is -4.41. The van der Waals surface area contributed by atoms with E-state index in [1.54, 1.807) is 31.2 Å². The molecule has 5 N–H and O–H groups in total. The molecule has 1 aliphatic rings. The van der Waals surface area contributed by atoms with E-state index in [9.17, 15) is 19.6 Å². The number of hydrogen-bond acceptors (Lipinski definition) is 11. The van der Waals surface area contributed by atoms with Crippen LogP contribution in [-0.4, -0.2) is 68.3 Å². The molecule has 1 fully saturated rings. The smallest absolute Gasteiger partial charge is 0.459 e. The van der Waals surface area contributed by atoms with Crippen molar-refractivity contribution in [3.63, 3.8) is 0 Å². The van der Waals surface area contributed by atoms with Gasteiger partial charge in [-0.15, -0.1) is 0 Å². The van der Waals surface area contributed by atoms with Gasteiger partial charge in [0.2, 0.25) is 0 Å². The van der Waals surface area contributed by atoms with E-state index in [-0.39, 0.29) is 30.5 Å². The van der Waals surface area contributed by atoms with Crippen LogP contribution in [0.15, 0.2) is 73.1 Å². The second kappa shape index (κ2) is 17.3. The lowest BCUT2D eigenvalue weighted by molar-refractivity contribution is -0.146. The number of ether oxygens (including phenoxy) is 2. The van der Waals surface area contributed by atoms with Gasteiger partial charge < -0.3 is 29.9 Å². The number of nitrogen functional groups attached to an aromatic ring is 1. The molecule has 13 nitrogen and oxygen atoms in total. The van der Waals surface area contributed by atoms with Crippen LogP contribution in [0.3, 0.4) is 0 Å². The van der Waals surface area contributed by atoms with E-state index in [1.165, 1.54) is 10.8 Å². The molecular formula is C38H52N5O8P. The van der Waals surface area contributed by atoms with E-state index in [0.29, 0.717) is 23.5 Å². The number of aromatic nitrogens is 3. The van der Waals surface area contributed by atoms with Crippen LogP contribution < -0.4 is 15.3 Å². The number of carbonyl (C=O) groups is 1. The third-order valence-electron chi connectivity index (χ3n) is 9.82. The maximum atomic E-state index is 14.8. The number of nitrogens with one attached hydrogen (secondary N) is 1. The molecule has 0 bridgehead atoms. The number of rotatable bonds is 18. The van der Waals surface area contributed by atoms with Gasteiger partial charge in [-0.25, -0.2) is 14.1 Å². The normalized spacial score (nSPS) is 22.7. The number of hydrogen-bond donors (Lipinski definition) is 4. The highest BCUT2D eigenvalue weighted by Crippen LogP contribution is 2.48. The van der Waals surface area contributed by atoms with Gasteiger partial charge in [-0.05, 0) is 67.0 Å². The van der Waals surface area contributed by atoms with Crippen LogP contribution in [0.5, 0.6) is 5.75 Å². The van der Waals surface area contributed by atoms with Gasteiger partial charge in [0.1, 0.15) is 47.5 Å². The quantitative estimate of drug-likeness (QED) is 0.0538. The summed E-state index contributed by atoms with van der Waals surface area (Å²) in [4.78, 5) is 17.6. The van der Waals surface area contributed by atoms with Crippen molar-refractivity contribution in [3.05, 3.63) is 89.9 Å². The summed E-state index contributed by atoms with van der Waals surface area (Å²) < 4.78 is 40.3. The molecule has 2 unspecified atom stereocenters. The molecular weight excluding hydrogens is 685 g/mol. The molecule has 2 aromatic carbocycles. The number of nitrogens with two attached hydrogens (primary N) is 1. The predicted molar refractivity (Wildman–Crippen MR) is 198 cm³/mol. The van der Waals surface area contributed by atoms with E-state index in [4.69, 9.17) is 24.3 Å². The highest BCUT2D eigenvalue weighted by molar-refractivity contribution is 7.52. The van der Waals surface area contributed by atoms with Gasteiger partial charge in [-0.2, -0.15) is 10.2 Å². The summed E-state index contributed by atoms with van der Waals surface area (Å²) >= 11 is 0. The molecule has 3 heterocycles. The zero-order valence-corrected chi connectivity index (χ0v) is 31.4. The Morgan fingerprint density at radius 1 is 1.06 bits per heavy atom. The summed E-state index contributed by atoms with van der Waals surface area (Å²) in [6, 6.07) is 18.8.